The Morgan fingerprint density at radius 1 is 1.33 bits per heavy atom. The topological polar surface area (TPSA) is 73.3 Å². The predicted octanol–water partition coefficient (Wildman–Crippen LogP) is 2.85. The van der Waals surface area contributed by atoms with Crippen molar-refractivity contribution in [2.24, 2.45) is 0 Å². The highest BCUT2D eigenvalue weighted by molar-refractivity contribution is 6.28. The lowest BCUT2D eigenvalue weighted by molar-refractivity contribution is 0.0524. The van der Waals surface area contributed by atoms with Crippen LogP contribution in [-0.4, -0.2) is 22.5 Å². The molecule has 1 aromatic carbocycles. The molecule has 1 heterocycles. The van der Waals surface area contributed by atoms with Crippen LogP contribution in [0.2, 0.25) is 5.28 Å². The van der Waals surface area contributed by atoms with Crippen molar-refractivity contribution in [1.82, 2.24) is 9.97 Å². The fourth-order valence-electron chi connectivity index (χ4n) is 1.56. The lowest BCUT2D eigenvalue weighted by Gasteiger charge is -2.10. The van der Waals surface area contributed by atoms with Crippen molar-refractivity contribution in [3.8, 4) is 0 Å². The standard InChI is InChI=1S/C14H14ClN3O3/c1-2-20-13(19)11-8-16-14(15)17-12(11)18-21-9-10-6-4-3-5-7-10/h3-8H,2,9H2,1H3,(H,16,17,18). The minimum absolute atomic E-state index is 0.00820. The molecule has 0 amide bonds. The van der Waals surface area contributed by atoms with Gasteiger partial charge in [0.2, 0.25) is 5.28 Å². The van der Waals surface area contributed by atoms with E-state index in [1.165, 1.54) is 6.20 Å². The first-order valence-corrected chi connectivity index (χ1v) is 6.70. The Hall–Kier alpha value is -2.18. The second-order valence-electron chi connectivity index (χ2n) is 4.00. The van der Waals surface area contributed by atoms with Gasteiger partial charge in [-0.25, -0.2) is 15.3 Å². The van der Waals surface area contributed by atoms with Crippen molar-refractivity contribution < 1.29 is 14.4 Å². The maximum Gasteiger partial charge on any atom is 0.343 e. The molecule has 2 rings (SSSR count). The highest BCUT2D eigenvalue weighted by Gasteiger charge is 2.15. The van der Waals surface area contributed by atoms with Crippen molar-refractivity contribution in [3.05, 3.63) is 52.9 Å². The quantitative estimate of drug-likeness (QED) is 0.502. The van der Waals surface area contributed by atoms with Crippen LogP contribution in [0.4, 0.5) is 5.82 Å². The number of aromatic nitrogens is 2. The minimum atomic E-state index is -0.542. The van der Waals surface area contributed by atoms with Gasteiger partial charge >= 0.3 is 5.97 Å². The Morgan fingerprint density at radius 3 is 2.81 bits per heavy atom. The monoisotopic (exact) mass is 307 g/mol. The molecule has 0 bridgehead atoms. The highest BCUT2D eigenvalue weighted by Crippen LogP contribution is 2.16. The van der Waals surface area contributed by atoms with Gasteiger partial charge in [0.1, 0.15) is 5.56 Å². The Labute approximate surface area is 127 Å². The first-order valence-electron chi connectivity index (χ1n) is 6.32. The molecule has 0 aliphatic rings. The summed E-state index contributed by atoms with van der Waals surface area (Å²) in [6.07, 6.45) is 1.29. The molecule has 0 fully saturated rings. The largest absolute Gasteiger partial charge is 0.462 e. The number of carbonyl (C=O) groups is 1. The molecule has 0 atom stereocenters. The van der Waals surface area contributed by atoms with Gasteiger partial charge < -0.3 is 4.74 Å². The van der Waals surface area contributed by atoms with Crippen LogP contribution in [0.1, 0.15) is 22.8 Å². The maximum absolute atomic E-state index is 11.8. The van der Waals surface area contributed by atoms with Gasteiger partial charge in [0.25, 0.3) is 0 Å². The number of carbonyl (C=O) groups excluding carboxylic acids is 1. The molecule has 7 heteroatoms. The smallest absolute Gasteiger partial charge is 0.343 e. The molecule has 21 heavy (non-hydrogen) atoms. The molecule has 6 nitrogen and oxygen atoms in total. The van der Waals surface area contributed by atoms with Gasteiger partial charge in [-0.05, 0) is 24.1 Å². The number of ether oxygens (including phenoxy) is 1. The molecular weight excluding hydrogens is 294 g/mol. The Bertz CT molecular complexity index is 608. The van der Waals surface area contributed by atoms with Gasteiger partial charge in [-0.15, -0.1) is 0 Å². The van der Waals surface area contributed by atoms with Crippen LogP contribution in [0.25, 0.3) is 0 Å². The van der Waals surface area contributed by atoms with Crippen molar-refractivity contribution in [2.75, 3.05) is 12.1 Å². The van der Waals surface area contributed by atoms with Crippen LogP contribution in [0.15, 0.2) is 36.5 Å². The lowest BCUT2D eigenvalue weighted by atomic mass is 10.2. The number of benzene rings is 1. The zero-order chi connectivity index (χ0) is 15.1. The molecule has 0 aliphatic carbocycles. The van der Waals surface area contributed by atoms with E-state index in [1.807, 2.05) is 30.3 Å². The fraction of sp³-hybridized carbons (Fsp3) is 0.214. The van der Waals surface area contributed by atoms with E-state index in [0.29, 0.717) is 6.61 Å². The van der Waals surface area contributed by atoms with E-state index in [4.69, 9.17) is 21.2 Å². The minimum Gasteiger partial charge on any atom is -0.462 e. The second kappa shape index (κ2) is 7.56. The van der Waals surface area contributed by atoms with Gasteiger partial charge in [0, 0.05) is 6.20 Å². The normalized spacial score (nSPS) is 10.2. The molecule has 2 aromatic rings. The molecular formula is C14H14ClN3O3. The summed E-state index contributed by atoms with van der Waals surface area (Å²) in [6.45, 7) is 2.28. The number of nitrogens with one attached hydrogen (secondary N) is 1. The van der Waals surface area contributed by atoms with Crippen LogP contribution in [0.3, 0.4) is 0 Å². The number of halogens is 1. The number of rotatable bonds is 6. The molecule has 0 saturated carbocycles. The van der Waals surface area contributed by atoms with E-state index in [2.05, 4.69) is 15.4 Å². The average molecular weight is 308 g/mol. The Balaban J connectivity index is 2.04. The molecule has 1 aromatic heterocycles. The lowest BCUT2D eigenvalue weighted by Crippen LogP contribution is -2.12. The zero-order valence-electron chi connectivity index (χ0n) is 11.4. The molecule has 0 unspecified atom stereocenters. The number of hydrogen-bond donors (Lipinski definition) is 1. The summed E-state index contributed by atoms with van der Waals surface area (Å²) in [7, 11) is 0. The zero-order valence-corrected chi connectivity index (χ0v) is 12.1. The predicted molar refractivity (Wildman–Crippen MR) is 77.9 cm³/mol. The van der Waals surface area contributed by atoms with Crippen molar-refractivity contribution in [1.29, 1.82) is 0 Å². The summed E-state index contributed by atoms with van der Waals surface area (Å²) in [5, 5.41) is 0.00820. The maximum atomic E-state index is 11.8. The van der Waals surface area contributed by atoms with E-state index in [0.717, 1.165) is 5.56 Å². The SMILES string of the molecule is CCOC(=O)c1cnc(Cl)nc1NOCc1ccccc1. The van der Waals surface area contributed by atoms with Gasteiger partial charge in [-0.3, -0.25) is 4.84 Å². The van der Waals surface area contributed by atoms with Crippen molar-refractivity contribution >= 4 is 23.4 Å². The number of nitrogens with zero attached hydrogens (tertiary/aromatic N) is 2. The number of esters is 1. The van der Waals surface area contributed by atoms with Crippen LogP contribution in [0, 0.1) is 0 Å². The summed E-state index contributed by atoms with van der Waals surface area (Å²) in [6, 6.07) is 9.57. The fourth-order valence-corrected chi connectivity index (χ4v) is 1.69. The number of hydrogen-bond acceptors (Lipinski definition) is 6. The van der Waals surface area contributed by atoms with E-state index in [9.17, 15) is 4.79 Å². The van der Waals surface area contributed by atoms with E-state index in [-0.39, 0.29) is 23.3 Å². The summed E-state index contributed by atoms with van der Waals surface area (Å²) in [5.74, 6) is -0.371. The molecule has 0 aliphatic heterocycles. The Morgan fingerprint density at radius 2 is 2.10 bits per heavy atom. The average Bonchev–Trinajstić information content (AvgIpc) is 2.49. The highest BCUT2D eigenvalue weighted by atomic mass is 35.5. The molecule has 0 saturated heterocycles. The van der Waals surface area contributed by atoms with Gasteiger partial charge in [0.15, 0.2) is 5.82 Å². The summed E-state index contributed by atoms with van der Waals surface area (Å²) < 4.78 is 4.92. The summed E-state index contributed by atoms with van der Waals surface area (Å²) >= 11 is 5.72. The molecule has 110 valence electrons. The molecule has 1 N–H and O–H groups in total. The van der Waals surface area contributed by atoms with E-state index in [1.54, 1.807) is 6.92 Å². The molecule has 0 radical (unpaired) electrons. The van der Waals surface area contributed by atoms with Crippen LogP contribution >= 0.6 is 11.6 Å². The summed E-state index contributed by atoms with van der Waals surface area (Å²) in [5.41, 5.74) is 3.74. The van der Waals surface area contributed by atoms with Crippen LogP contribution in [-0.2, 0) is 16.2 Å². The van der Waals surface area contributed by atoms with Gasteiger partial charge in [0.05, 0.1) is 13.2 Å². The third kappa shape index (κ3) is 4.40. The van der Waals surface area contributed by atoms with Crippen molar-refractivity contribution in [2.45, 2.75) is 13.5 Å². The Kier molecular flexibility index (Phi) is 5.48. The van der Waals surface area contributed by atoms with E-state index >= 15 is 0 Å². The third-order valence-electron chi connectivity index (χ3n) is 2.51. The van der Waals surface area contributed by atoms with Gasteiger partial charge in [-0.2, -0.15) is 4.98 Å². The first-order chi connectivity index (χ1) is 10.2. The third-order valence-corrected chi connectivity index (χ3v) is 2.69. The van der Waals surface area contributed by atoms with Crippen LogP contribution < -0.4 is 5.48 Å². The summed E-state index contributed by atoms with van der Waals surface area (Å²) in [4.78, 5) is 24.8. The molecule has 0 spiro atoms. The first kappa shape index (κ1) is 15.2. The second-order valence-corrected chi connectivity index (χ2v) is 4.34. The van der Waals surface area contributed by atoms with Crippen LogP contribution in [0.5, 0.6) is 0 Å². The van der Waals surface area contributed by atoms with E-state index < -0.39 is 5.97 Å². The van der Waals surface area contributed by atoms with Gasteiger partial charge in [-0.1, -0.05) is 30.3 Å². The van der Waals surface area contributed by atoms with Crippen molar-refractivity contribution in [3.63, 3.8) is 0 Å². The number of anilines is 1.